The molecule has 0 saturated carbocycles. The molecule has 0 bridgehead atoms. The van der Waals surface area contributed by atoms with Crippen LogP contribution in [0.4, 0.5) is 0 Å². The Morgan fingerprint density at radius 3 is 2.88 bits per heavy atom. The SMILES string of the molecule is Cc1cnc(-c2cnc3[nH]ccc3c2)n1C. The Labute approximate surface area is 93.0 Å². The summed E-state index contributed by atoms with van der Waals surface area (Å²) in [5.74, 6) is 0.952. The van der Waals surface area contributed by atoms with E-state index in [2.05, 4.69) is 25.6 Å². The lowest BCUT2D eigenvalue weighted by molar-refractivity contribution is 0.883. The number of aromatic amines is 1. The topological polar surface area (TPSA) is 46.5 Å². The molecule has 0 atom stereocenters. The molecule has 0 amide bonds. The first kappa shape index (κ1) is 9.15. The van der Waals surface area contributed by atoms with E-state index in [-0.39, 0.29) is 0 Å². The molecule has 0 aliphatic heterocycles. The summed E-state index contributed by atoms with van der Waals surface area (Å²) in [6.07, 6.45) is 5.61. The first-order chi connectivity index (χ1) is 7.75. The van der Waals surface area contributed by atoms with Crippen molar-refractivity contribution in [2.24, 2.45) is 7.05 Å². The Kier molecular flexibility index (Phi) is 1.83. The number of hydrogen-bond donors (Lipinski definition) is 1. The number of hydrogen-bond acceptors (Lipinski definition) is 2. The normalized spacial score (nSPS) is 11.1. The van der Waals surface area contributed by atoms with Crippen LogP contribution in [-0.4, -0.2) is 19.5 Å². The summed E-state index contributed by atoms with van der Waals surface area (Å²) in [5, 5.41) is 1.11. The van der Waals surface area contributed by atoms with Crippen LogP contribution in [-0.2, 0) is 7.05 Å². The molecular formula is C12H12N4. The third kappa shape index (κ3) is 1.23. The van der Waals surface area contributed by atoms with Gasteiger partial charge >= 0.3 is 0 Å². The highest BCUT2D eigenvalue weighted by Crippen LogP contribution is 2.21. The van der Waals surface area contributed by atoms with Gasteiger partial charge in [0.2, 0.25) is 0 Å². The van der Waals surface area contributed by atoms with Gasteiger partial charge in [-0.3, -0.25) is 0 Å². The van der Waals surface area contributed by atoms with E-state index in [1.807, 2.05) is 38.6 Å². The van der Waals surface area contributed by atoms with Crippen LogP contribution in [0.3, 0.4) is 0 Å². The number of imidazole rings is 1. The second kappa shape index (κ2) is 3.20. The smallest absolute Gasteiger partial charge is 0.141 e. The molecule has 0 aliphatic carbocycles. The molecule has 80 valence electrons. The summed E-state index contributed by atoms with van der Waals surface area (Å²) in [4.78, 5) is 11.8. The van der Waals surface area contributed by atoms with Gasteiger partial charge in [0.05, 0.1) is 0 Å². The maximum atomic E-state index is 4.39. The van der Waals surface area contributed by atoms with Crippen molar-refractivity contribution >= 4 is 11.0 Å². The van der Waals surface area contributed by atoms with Gasteiger partial charge in [0.1, 0.15) is 11.5 Å². The van der Waals surface area contributed by atoms with Crippen molar-refractivity contribution in [2.75, 3.05) is 0 Å². The maximum absolute atomic E-state index is 4.39. The Morgan fingerprint density at radius 1 is 1.25 bits per heavy atom. The quantitative estimate of drug-likeness (QED) is 0.672. The molecule has 4 nitrogen and oxygen atoms in total. The average molecular weight is 212 g/mol. The zero-order valence-corrected chi connectivity index (χ0v) is 9.23. The summed E-state index contributed by atoms with van der Waals surface area (Å²) < 4.78 is 2.06. The Balaban J connectivity index is 2.21. The molecule has 4 heteroatoms. The van der Waals surface area contributed by atoms with E-state index in [0.29, 0.717) is 0 Å². The van der Waals surface area contributed by atoms with Crippen LogP contribution in [0.2, 0.25) is 0 Å². The van der Waals surface area contributed by atoms with E-state index in [4.69, 9.17) is 0 Å². The minimum atomic E-state index is 0.912. The molecule has 0 saturated heterocycles. The Morgan fingerprint density at radius 2 is 2.12 bits per heavy atom. The minimum absolute atomic E-state index is 0.912. The standard InChI is InChI=1S/C12H12N4/c1-8-6-15-12(16(8)2)10-5-9-3-4-13-11(9)14-7-10/h3-7H,1-2H3,(H,13,14). The lowest BCUT2D eigenvalue weighted by atomic mass is 10.2. The number of nitrogens with zero attached hydrogens (tertiary/aromatic N) is 3. The van der Waals surface area contributed by atoms with Crippen LogP contribution in [0, 0.1) is 6.92 Å². The van der Waals surface area contributed by atoms with Gasteiger partial charge in [-0.25, -0.2) is 9.97 Å². The van der Waals surface area contributed by atoms with Crippen molar-refractivity contribution in [3.8, 4) is 11.4 Å². The van der Waals surface area contributed by atoms with Crippen LogP contribution in [0.15, 0.2) is 30.7 Å². The molecule has 0 spiro atoms. The van der Waals surface area contributed by atoms with Gasteiger partial charge in [-0.15, -0.1) is 0 Å². The zero-order valence-electron chi connectivity index (χ0n) is 9.23. The molecule has 3 aromatic rings. The molecule has 0 fully saturated rings. The number of aryl methyl sites for hydroxylation is 1. The minimum Gasteiger partial charge on any atom is -0.346 e. The summed E-state index contributed by atoms with van der Waals surface area (Å²) >= 11 is 0. The molecule has 3 aromatic heterocycles. The van der Waals surface area contributed by atoms with Crippen LogP contribution in [0.1, 0.15) is 5.69 Å². The third-order valence-electron chi connectivity index (χ3n) is 2.88. The van der Waals surface area contributed by atoms with Gasteiger partial charge in [0.15, 0.2) is 0 Å². The Hall–Kier alpha value is -2.10. The highest BCUT2D eigenvalue weighted by atomic mass is 15.1. The first-order valence-corrected chi connectivity index (χ1v) is 5.17. The fraction of sp³-hybridized carbons (Fsp3) is 0.167. The van der Waals surface area contributed by atoms with Crippen LogP contribution < -0.4 is 0 Å². The van der Waals surface area contributed by atoms with Gasteiger partial charge in [0.25, 0.3) is 0 Å². The van der Waals surface area contributed by atoms with Crippen molar-refractivity contribution in [3.05, 3.63) is 36.4 Å². The zero-order chi connectivity index (χ0) is 11.1. The lowest BCUT2D eigenvalue weighted by Gasteiger charge is -2.02. The van der Waals surface area contributed by atoms with E-state index in [9.17, 15) is 0 Å². The molecule has 0 radical (unpaired) electrons. The van der Waals surface area contributed by atoms with Crippen LogP contribution in [0.5, 0.6) is 0 Å². The van der Waals surface area contributed by atoms with Crippen molar-refractivity contribution in [2.45, 2.75) is 6.92 Å². The summed E-state index contributed by atoms with van der Waals surface area (Å²) in [7, 11) is 2.01. The maximum Gasteiger partial charge on any atom is 0.141 e. The number of rotatable bonds is 1. The van der Waals surface area contributed by atoms with Crippen molar-refractivity contribution in [3.63, 3.8) is 0 Å². The van der Waals surface area contributed by atoms with Gasteiger partial charge in [-0.1, -0.05) is 0 Å². The number of aromatic nitrogens is 4. The predicted molar refractivity (Wildman–Crippen MR) is 63.0 cm³/mol. The van der Waals surface area contributed by atoms with E-state index in [1.165, 1.54) is 0 Å². The van der Waals surface area contributed by atoms with Crippen molar-refractivity contribution in [1.82, 2.24) is 19.5 Å². The third-order valence-corrected chi connectivity index (χ3v) is 2.88. The monoisotopic (exact) mass is 212 g/mol. The van der Waals surface area contributed by atoms with Crippen molar-refractivity contribution < 1.29 is 0 Å². The van der Waals surface area contributed by atoms with E-state index in [1.54, 1.807) is 0 Å². The molecule has 3 heterocycles. The number of H-pyrrole nitrogens is 1. The molecular weight excluding hydrogens is 200 g/mol. The molecule has 0 unspecified atom stereocenters. The fourth-order valence-corrected chi connectivity index (χ4v) is 1.83. The van der Waals surface area contributed by atoms with E-state index in [0.717, 1.165) is 28.1 Å². The summed E-state index contributed by atoms with van der Waals surface area (Å²) in [6, 6.07) is 4.11. The second-order valence-corrected chi connectivity index (χ2v) is 3.92. The van der Waals surface area contributed by atoms with Crippen LogP contribution in [0.25, 0.3) is 22.4 Å². The van der Waals surface area contributed by atoms with Gasteiger partial charge in [0, 0.05) is 42.3 Å². The van der Waals surface area contributed by atoms with Crippen LogP contribution >= 0.6 is 0 Å². The van der Waals surface area contributed by atoms with Gasteiger partial charge in [-0.05, 0) is 19.1 Å². The lowest BCUT2D eigenvalue weighted by Crippen LogP contribution is -1.95. The largest absolute Gasteiger partial charge is 0.346 e. The van der Waals surface area contributed by atoms with Gasteiger partial charge < -0.3 is 9.55 Å². The fourth-order valence-electron chi connectivity index (χ4n) is 1.83. The molecule has 16 heavy (non-hydrogen) atoms. The average Bonchev–Trinajstić information content (AvgIpc) is 2.86. The highest BCUT2D eigenvalue weighted by Gasteiger charge is 2.07. The molecule has 0 aliphatic rings. The molecule has 1 N–H and O–H groups in total. The number of pyridine rings is 1. The number of nitrogens with one attached hydrogen (secondary N) is 1. The predicted octanol–water partition coefficient (Wildman–Crippen LogP) is 2.27. The molecule has 0 aromatic carbocycles. The number of fused-ring (bicyclic) bond motifs is 1. The summed E-state index contributed by atoms with van der Waals surface area (Å²) in [6.45, 7) is 2.04. The molecule has 3 rings (SSSR count). The Bertz CT molecular complexity index is 648. The first-order valence-electron chi connectivity index (χ1n) is 5.17. The second-order valence-electron chi connectivity index (χ2n) is 3.92. The van der Waals surface area contributed by atoms with Gasteiger partial charge in [-0.2, -0.15) is 0 Å². The van der Waals surface area contributed by atoms with Crippen molar-refractivity contribution in [1.29, 1.82) is 0 Å². The summed E-state index contributed by atoms with van der Waals surface area (Å²) in [5.41, 5.74) is 3.10. The highest BCUT2D eigenvalue weighted by molar-refractivity contribution is 5.79. The van der Waals surface area contributed by atoms with E-state index < -0.39 is 0 Å². The van der Waals surface area contributed by atoms with E-state index >= 15 is 0 Å².